The Kier molecular flexibility index (Phi) is 7.41. The summed E-state index contributed by atoms with van der Waals surface area (Å²) in [5.74, 6) is 5.76. The molecule has 0 aliphatic heterocycles. The summed E-state index contributed by atoms with van der Waals surface area (Å²) in [5, 5.41) is 11.5. The predicted molar refractivity (Wildman–Crippen MR) is 79.4 cm³/mol. The van der Waals surface area contributed by atoms with Gasteiger partial charge in [0.1, 0.15) is 0 Å². The van der Waals surface area contributed by atoms with Crippen molar-refractivity contribution < 1.29 is 14.6 Å². The van der Waals surface area contributed by atoms with Crippen LogP contribution in [-0.2, 0) is 9.53 Å². The molecule has 1 amide bonds. The van der Waals surface area contributed by atoms with Crippen LogP contribution in [0.15, 0.2) is 24.3 Å². The first kappa shape index (κ1) is 16.2. The van der Waals surface area contributed by atoms with Gasteiger partial charge in [0, 0.05) is 31.2 Å². The Morgan fingerprint density at radius 3 is 2.70 bits per heavy atom. The Balaban J connectivity index is 2.45. The van der Waals surface area contributed by atoms with Gasteiger partial charge in [-0.15, -0.1) is 0 Å². The third-order valence-corrected chi connectivity index (χ3v) is 2.82. The van der Waals surface area contributed by atoms with Crippen LogP contribution in [0, 0.1) is 11.8 Å². The van der Waals surface area contributed by atoms with Gasteiger partial charge in [0.15, 0.2) is 0 Å². The highest BCUT2D eigenvalue weighted by Gasteiger charge is 2.06. The summed E-state index contributed by atoms with van der Waals surface area (Å²) in [6, 6.07) is 7.33. The third kappa shape index (κ3) is 6.37. The first-order valence-corrected chi connectivity index (χ1v) is 6.68. The standard InChI is InChI=1S/C16H21NO3/c1-13(20-2)6-11-16(19)17-15-9-7-14(8-10-15)5-3-4-12-18/h7-10,13,18H,4,6,11-12H2,1-2H3,(H,17,19). The number of rotatable bonds is 6. The summed E-state index contributed by atoms with van der Waals surface area (Å²) in [5.41, 5.74) is 1.62. The molecular formula is C16H21NO3. The van der Waals surface area contributed by atoms with Crippen LogP contribution < -0.4 is 5.32 Å². The van der Waals surface area contributed by atoms with Crippen molar-refractivity contribution in [3.63, 3.8) is 0 Å². The highest BCUT2D eigenvalue weighted by Crippen LogP contribution is 2.10. The first-order chi connectivity index (χ1) is 9.65. The van der Waals surface area contributed by atoms with Crippen molar-refractivity contribution in [2.75, 3.05) is 19.0 Å². The predicted octanol–water partition coefficient (Wildman–Crippen LogP) is 2.17. The highest BCUT2D eigenvalue weighted by molar-refractivity contribution is 5.90. The fourth-order valence-electron chi connectivity index (χ4n) is 1.53. The van der Waals surface area contributed by atoms with E-state index in [1.165, 1.54) is 0 Å². The second kappa shape index (κ2) is 9.13. The quantitative estimate of drug-likeness (QED) is 0.782. The van der Waals surface area contributed by atoms with E-state index in [1.807, 2.05) is 31.2 Å². The van der Waals surface area contributed by atoms with E-state index in [0.29, 0.717) is 19.3 Å². The van der Waals surface area contributed by atoms with Crippen LogP contribution >= 0.6 is 0 Å². The normalized spacial score (nSPS) is 11.3. The summed E-state index contributed by atoms with van der Waals surface area (Å²) in [6.07, 6.45) is 1.70. The first-order valence-electron chi connectivity index (χ1n) is 6.68. The number of carbonyl (C=O) groups excluding carboxylic acids is 1. The zero-order chi connectivity index (χ0) is 14.8. The minimum absolute atomic E-state index is 0.0204. The molecule has 1 aromatic rings. The molecule has 0 heterocycles. The van der Waals surface area contributed by atoms with Crippen LogP contribution in [0.4, 0.5) is 5.69 Å². The van der Waals surface area contributed by atoms with Gasteiger partial charge < -0.3 is 15.2 Å². The second-order valence-corrected chi connectivity index (χ2v) is 4.49. The lowest BCUT2D eigenvalue weighted by molar-refractivity contribution is -0.116. The van der Waals surface area contributed by atoms with E-state index < -0.39 is 0 Å². The molecular weight excluding hydrogens is 254 g/mol. The number of amides is 1. The Bertz CT molecular complexity index is 471. The van der Waals surface area contributed by atoms with Gasteiger partial charge in [0.25, 0.3) is 0 Å². The molecule has 4 nitrogen and oxygen atoms in total. The molecule has 0 saturated carbocycles. The van der Waals surface area contributed by atoms with Crippen LogP contribution in [0.1, 0.15) is 31.7 Å². The molecule has 0 saturated heterocycles. The number of anilines is 1. The number of hydrogen-bond acceptors (Lipinski definition) is 3. The molecule has 20 heavy (non-hydrogen) atoms. The largest absolute Gasteiger partial charge is 0.395 e. The lowest BCUT2D eigenvalue weighted by Crippen LogP contribution is -2.15. The molecule has 0 aliphatic rings. The SMILES string of the molecule is COC(C)CCC(=O)Nc1ccc(C#CCCO)cc1. The van der Waals surface area contributed by atoms with Gasteiger partial charge in [-0.1, -0.05) is 11.8 Å². The number of aliphatic hydroxyl groups excluding tert-OH is 1. The smallest absolute Gasteiger partial charge is 0.224 e. The lowest BCUT2D eigenvalue weighted by Gasteiger charge is -2.09. The monoisotopic (exact) mass is 275 g/mol. The van der Waals surface area contributed by atoms with Gasteiger partial charge in [0.2, 0.25) is 5.91 Å². The molecule has 1 unspecified atom stereocenters. The van der Waals surface area contributed by atoms with Crippen molar-refractivity contribution in [3.05, 3.63) is 29.8 Å². The van der Waals surface area contributed by atoms with Crippen molar-refractivity contribution >= 4 is 11.6 Å². The summed E-state index contributed by atoms with van der Waals surface area (Å²) in [4.78, 5) is 11.7. The molecule has 0 fully saturated rings. The van der Waals surface area contributed by atoms with Crippen molar-refractivity contribution in [1.82, 2.24) is 0 Å². The topological polar surface area (TPSA) is 58.6 Å². The fraction of sp³-hybridized carbons (Fsp3) is 0.438. The summed E-state index contributed by atoms with van der Waals surface area (Å²) >= 11 is 0. The Hall–Kier alpha value is -1.83. The van der Waals surface area contributed by atoms with E-state index >= 15 is 0 Å². The van der Waals surface area contributed by atoms with Crippen LogP contribution in [0.5, 0.6) is 0 Å². The molecule has 0 aromatic heterocycles. The summed E-state index contributed by atoms with van der Waals surface area (Å²) in [6.45, 7) is 2.01. The van der Waals surface area contributed by atoms with Gasteiger partial charge in [-0.3, -0.25) is 4.79 Å². The van der Waals surface area contributed by atoms with Crippen LogP contribution in [0.3, 0.4) is 0 Å². The Morgan fingerprint density at radius 1 is 1.40 bits per heavy atom. The number of methoxy groups -OCH3 is 1. The number of hydrogen-bond donors (Lipinski definition) is 2. The van der Waals surface area contributed by atoms with Crippen LogP contribution in [-0.4, -0.2) is 30.8 Å². The average Bonchev–Trinajstić information content (AvgIpc) is 2.47. The Labute approximate surface area is 120 Å². The maximum Gasteiger partial charge on any atom is 0.224 e. The minimum Gasteiger partial charge on any atom is -0.395 e. The van der Waals surface area contributed by atoms with E-state index in [1.54, 1.807) is 7.11 Å². The average molecular weight is 275 g/mol. The zero-order valence-corrected chi connectivity index (χ0v) is 12.0. The van der Waals surface area contributed by atoms with Crippen LogP contribution in [0.25, 0.3) is 0 Å². The van der Waals surface area contributed by atoms with E-state index in [4.69, 9.17) is 9.84 Å². The van der Waals surface area contributed by atoms with Crippen molar-refractivity contribution in [1.29, 1.82) is 0 Å². The van der Waals surface area contributed by atoms with Gasteiger partial charge in [0.05, 0.1) is 12.7 Å². The van der Waals surface area contributed by atoms with E-state index in [2.05, 4.69) is 17.2 Å². The molecule has 1 aromatic carbocycles. The molecule has 108 valence electrons. The molecule has 0 spiro atoms. The molecule has 0 radical (unpaired) electrons. The van der Waals surface area contributed by atoms with E-state index in [9.17, 15) is 4.79 Å². The van der Waals surface area contributed by atoms with Gasteiger partial charge in [-0.2, -0.15) is 0 Å². The van der Waals surface area contributed by atoms with Crippen molar-refractivity contribution in [2.45, 2.75) is 32.3 Å². The molecule has 1 atom stereocenters. The zero-order valence-electron chi connectivity index (χ0n) is 12.0. The van der Waals surface area contributed by atoms with Crippen molar-refractivity contribution in [2.24, 2.45) is 0 Å². The van der Waals surface area contributed by atoms with Crippen molar-refractivity contribution in [3.8, 4) is 11.8 Å². The maximum absolute atomic E-state index is 11.7. The minimum atomic E-state index is -0.0204. The van der Waals surface area contributed by atoms with Crippen LogP contribution in [0.2, 0.25) is 0 Å². The number of carbonyl (C=O) groups is 1. The molecule has 1 rings (SSSR count). The molecule has 2 N–H and O–H groups in total. The van der Waals surface area contributed by atoms with Gasteiger partial charge >= 0.3 is 0 Å². The summed E-state index contributed by atoms with van der Waals surface area (Å²) in [7, 11) is 1.64. The molecule has 0 aliphatic carbocycles. The maximum atomic E-state index is 11.7. The second-order valence-electron chi connectivity index (χ2n) is 4.49. The lowest BCUT2D eigenvalue weighted by atomic mass is 10.2. The number of nitrogens with one attached hydrogen (secondary N) is 1. The van der Waals surface area contributed by atoms with Gasteiger partial charge in [-0.25, -0.2) is 0 Å². The Morgan fingerprint density at radius 2 is 2.10 bits per heavy atom. The molecule has 4 heteroatoms. The number of ether oxygens (including phenoxy) is 1. The molecule has 0 bridgehead atoms. The number of benzene rings is 1. The summed E-state index contributed by atoms with van der Waals surface area (Å²) < 4.78 is 5.10. The third-order valence-electron chi connectivity index (χ3n) is 2.82. The fourth-order valence-corrected chi connectivity index (χ4v) is 1.53. The van der Waals surface area contributed by atoms with Gasteiger partial charge in [-0.05, 0) is 37.6 Å². The van der Waals surface area contributed by atoms with E-state index in [0.717, 1.165) is 11.3 Å². The number of aliphatic hydroxyl groups is 1. The highest BCUT2D eigenvalue weighted by atomic mass is 16.5. The van der Waals surface area contributed by atoms with E-state index in [-0.39, 0.29) is 18.6 Å².